The van der Waals surface area contributed by atoms with E-state index < -0.39 is 42.7 Å². The lowest BCUT2D eigenvalue weighted by atomic mass is 10.1. The van der Waals surface area contributed by atoms with Crippen molar-refractivity contribution in [3.63, 3.8) is 0 Å². The van der Waals surface area contributed by atoms with E-state index in [1.54, 1.807) is 0 Å². The second-order valence-electron chi connectivity index (χ2n) is 3.96. The molecule has 20 heavy (non-hydrogen) atoms. The highest BCUT2D eigenvalue weighted by Gasteiger charge is 2.45. The summed E-state index contributed by atoms with van der Waals surface area (Å²) in [5.74, 6) is -1.49. The van der Waals surface area contributed by atoms with Gasteiger partial charge in [-0.15, -0.1) is 0 Å². The van der Waals surface area contributed by atoms with Gasteiger partial charge in [0.1, 0.15) is 30.1 Å². The number of aliphatic hydroxyl groups excluding tert-OH is 3. The predicted octanol–water partition coefficient (Wildman–Crippen LogP) is -2.59. The fourth-order valence-electron chi connectivity index (χ4n) is 1.86. The number of nitrogens with zero attached hydrogens (tertiary/aromatic N) is 1. The summed E-state index contributed by atoms with van der Waals surface area (Å²) < 4.78 is 5.16. The first-order valence-electron chi connectivity index (χ1n) is 5.57. The van der Waals surface area contributed by atoms with Gasteiger partial charge < -0.3 is 30.9 Å². The zero-order chi connectivity index (χ0) is 15.4. The number of aromatic hydroxyl groups is 1. The Hall–Kier alpha value is -1.72. The third-order valence-electron chi connectivity index (χ3n) is 2.83. The number of aromatic nitrogens is 2. The Morgan fingerprint density at radius 3 is 2.40 bits per heavy atom. The number of nitrogens with one attached hydrogen (secondary N) is 1. The third kappa shape index (κ3) is 2.73. The van der Waals surface area contributed by atoms with Crippen molar-refractivity contribution in [3.05, 3.63) is 11.4 Å². The summed E-state index contributed by atoms with van der Waals surface area (Å²) in [6.07, 6.45) is -4.78. The van der Waals surface area contributed by atoms with Crippen LogP contribution in [-0.2, 0) is 9.84 Å². The van der Waals surface area contributed by atoms with Gasteiger partial charge in [-0.3, -0.25) is 9.89 Å². The van der Waals surface area contributed by atoms with Crippen LogP contribution in [0.2, 0.25) is 0 Å². The van der Waals surface area contributed by atoms with E-state index in [1.165, 1.54) is 0 Å². The molecule has 0 aliphatic carbocycles. The molecule has 0 unspecified atom stereocenters. The Morgan fingerprint density at radius 1 is 1.40 bits per heavy atom. The molecule has 2 heterocycles. The Balaban J connectivity index is 0.000000956. The van der Waals surface area contributed by atoms with Gasteiger partial charge in [0.25, 0.3) is 5.91 Å². The van der Waals surface area contributed by atoms with Crippen molar-refractivity contribution in [1.82, 2.24) is 10.2 Å². The maximum atomic E-state index is 10.9. The van der Waals surface area contributed by atoms with Crippen LogP contribution in [0, 0.1) is 0 Å². The Kier molecular flexibility index (Phi) is 5.42. The first kappa shape index (κ1) is 16.3. The van der Waals surface area contributed by atoms with E-state index in [9.17, 15) is 20.1 Å². The minimum Gasteiger partial charge on any atom is -0.504 e. The highest BCUT2D eigenvalue weighted by atomic mass is 16.6. The predicted molar refractivity (Wildman–Crippen MR) is 62.1 cm³/mol. The summed E-state index contributed by atoms with van der Waals surface area (Å²) in [6, 6.07) is 0. The van der Waals surface area contributed by atoms with E-state index in [0.717, 1.165) is 7.11 Å². The molecule has 1 aliphatic rings. The molecule has 0 aromatic carbocycles. The van der Waals surface area contributed by atoms with Gasteiger partial charge in [0.2, 0.25) is 0 Å². The van der Waals surface area contributed by atoms with Crippen molar-refractivity contribution in [2.45, 2.75) is 24.4 Å². The maximum absolute atomic E-state index is 10.9. The monoisotopic (exact) mass is 290 g/mol. The van der Waals surface area contributed by atoms with Crippen LogP contribution >= 0.6 is 0 Å². The van der Waals surface area contributed by atoms with Crippen LogP contribution in [0.5, 0.6) is 5.75 Å². The summed E-state index contributed by atoms with van der Waals surface area (Å²) in [7, 11) is 0.750. The molecule has 10 nitrogen and oxygen atoms in total. The van der Waals surface area contributed by atoms with Gasteiger partial charge in [-0.05, 0) is 0 Å². The quantitative estimate of drug-likeness (QED) is 0.353. The molecule has 1 saturated heterocycles. The first-order chi connectivity index (χ1) is 9.47. The fourth-order valence-corrected chi connectivity index (χ4v) is 1.86. The molecule has 7 N–H and O–H groups in total. The van der Waals surface area contributed by atoms with Crippen molar-refractivity contribution in [1.29, 1.82) is 0 Å². The zero-order valence-electron chi connectivity index (χ0n) is 10.6. The summed E-state index contributed by atoms with van der Waals surface area (Å²) >= 11 is 0. The van der Waals surface area contributed by atoms with Crippen molar-refractivity contribution in [2.75, 3.05) is 13.7 Å². The fraction of sp³-hybridized carbons (Fsp3) is 0.600. The highest BCUT2D eigenvalue weighted by molar-refractivity contribution is 5.93. The number of hydrogen-bond acceptors (Lipinski definition) is 7. The molecule has 10 heteroatoms. The molecular weight excluding hydrogens is 274 g/mol. The summed E-state index contributed by atoms with van der Waals surface area (Å²) in [5.41, 5.74) is 4.50. The second kappa shape index (κ2) is 6.63. The lowest BCUT2D eigenvalue weighted by molar-refractivity contribution is -0.0245. The van der Waals surface area contributed by atoms with E-state index in [2.05, 4.69) is 10.2 Å². The number of nitrogens with two attached hydrogens (primary N) is 1. The lowest BCUT2D eigenvalue weighted by Gasteiger charge is -2.12. The lowest BCUT2D eigenvalue weighted by Crippen LogP contribution is -2.32. The molecule has 1 aliphatic heterocycles. The van der Waals surface area contributed by atoms with E-state index in [1.807, 2.05) is 0 Å². The molecule has 0 spiro atoms. The van der Waals surface area contributed by atoms with Crippen molar-refractivity contribution in [3.8, 4) is 5.75 Å². The molecule has 113 valence electrons. The van der Waals surface area contributed by atoms with Crippen molar-refractivity contribution >= 4 is 5.91 Å². The van der Waals surface area contributed by atoms with Crippen LogP contribution in [0.1, 0.15) is 22.3 Å². The van der Waals surface area contributed by atoms with E-state index in [-0.39, 0.29) is 11.4 Å². The number of ether oxygens (including phenoxy) is 1. The van der Waals surface area contributed by atoms with Gasteiger partial charge in [0, 0.05) is 0 Å². The van der Waals surface area contributed by atoms with E-state index in [0.29, 0.717) is 0 Å². The molecule has 1 fully saturated rings. The topological polar surface area (TPSA) is 182 Å². The standard InChI is InChI=1S/C9H13N3O6.CH3O/c10-9(17)4-6(15)3(11-12-4)8-7(16)5(14)2(1-13)18-8;1-2/h2,5,7-8,13-16H,1H2,(H2,10,17)(H,11,12);1H3/t2-,5-,7-,8+;/m1./s1. The number of aliphatic hydroxyl groups is 3. The Morgan fingerprint density at radius 2 is 2.00 bits per heavy atom. The van der Waals surface area contributed by atoms with Gasteiger partial charge in [0.15, 0.2) is 11.4 Å². The SMILES string of the molecule is C[O].NC(=O)c1n[nH]c([C@@H]2O[C@H](CO)[C@@H](O)[C@H]2O)c1O. The van der Waals surface area contributed by atoms with Crippen LogP contribution in [-0.4, -0.2) is 68.6 Å². The minimum atomic E-state index is -1.37. The Labute approximate surface area is 113 Å². The maximum Gasteiger partial charge on any atom is 0.273 e. The summed E-state index contributed by atoms with van der Waals surface area (Å²) in [6.45, 7) is -0.494. The number of rotatable bonds is 3. The molecule has 1 amide bonds. The number of H-pyrrole nitrogens is 1. The van der Waals surface area contributed by atoms with Crippen molar-refractivity contribution < 1.29 is 35.1 Å². The van der Waals surface area contributed by atoms with Gasteiger partial charge in [-0.1, -0.05) is 0 Å². The molecule has 0 saturated carbocycles. The zero-order valence-corrected chi connectivity index (χ0v) is 10.6. The van der Waals surface area contributed by atoms with Gasteiger partial charge in [-0.2, -0.15) is 5.10 Å². The molecule has 4 atom stereocenters. The van der Waals surface area contributed by atoms with Crippen LogP contribution in [0.4, 0.5) is 0 Å². The van der Waals surface area contributed by atoms with E-state index >= 15 is 0 Å². The summed E-state index contributed by atoms with van der Waals surface area (Å²) in [5, 5.41) is 51.9. The van der Waals surface area contributed by atoms with Gasteiger partial charge in [0.05, 0.1) is 13.7 Å². The molecular formula is C10H16N3O7. The van der Waals surface area contributed by atoms with Crippen molar-refractivity contribution in [2.24, 2.45) is 5.73 Å². The number of carbonyl (C=O) groups is 1. The van der Waals surface area contributed by atoms with Crippen LogP contribution in [0.15, 0.2) is 0 Å². The minimum absolute atomic E-state index is 0.0775. The number of carbonyl (C=O) groups excluding carboxylic acids is 1. The van der Waals surface area contributed by atoms with Crippen LogP contribution < -0.4 is 5.73 Å². The third-order valence-corrected chi connectivity index (χ3v) is 2.83. The number of primary amides is 1. The van der Waals surface area contributed by atoms with Crippen LogP contribution in [0.3, 0.4) is 0 Å². The Bertz CT molecular complexity index is 464. The first-order valence-corrected chi connectivity index (χ1v) is 5.57. The van der Waals surface area contributed by atoms with Gasteiger partial charge >= 0.3 is 0 Å². The smallest absolute Gasteiger partial charge is 0.273 e. The summed E-state index contributed by atoms with van der Waals surface area (Å²) in [4.78, 5) is 10.9. The normalized spacial score (nSPS) is 28.9. The average Bonchev–Trinajstić information content (AvgIpc) is 2.94. The molecule has 0 bridgehead atoms. The number of aromatic amines is 1. The molecule has 1 aromatic rings. The number of amides is 1. The molecule has 1 radical (unpaired) electrons. The average molecular weight is 290 g/mol. The van der Waals surface area contributed by atoms with Gasteiger partial charge in [-0.25, -0.2) is 5.11 Å². The molecule has 2 rings (SSSR count). The highest BCUT2D eigenvalue weighted by Crippen LogP contribution is 2.37. The van der Waals surface area contributed by atoms with Crippen LogP contribution in [0.25, 0.3) is 0 Å². The van der Waals surface area contributed by atoms with E-state index in [4.69, 9.17) is 20.7 Å². The second-order valence-corrected chi connectivity index (χ2v) is 3.96. The number of hydrogen-bond donors (Lipinski definition) is 6. The largest absolute Gasteiger partial charge is 0.504 e. The molecule has 1 aromatic heterocycles.